The Morgan fingerprint density at radius 2 is 2.06 bits per heavy atom. The lowest BCUT2D eigenvalue weighted by atomic mass is 9.90. The first-order chi connectivity index (χ1) is 8.10. The van der Waals surface area contributed by atoms with Crippen molar-refractivity contribution in [3.05, 3.63) is 35.1 Å². The first-order valence-corrected chi connectivity index (χ1v) is 6.40. The summed E-state index contributed by atoms with van der Waals surface area (Å²) in [5.41, 5.74) is 1.19. The van der Waals surface area contributed by atoms with Gasteiger partial charge >= 0.3 is 0 Å². The van der Waals surface area contributed by atoms with Gasteiger partial charge in [-0.3, -0.25) is 4.79 Å². The minimum atomic E-state index is -0.247. The Kier molecular flexibility index (Phi) is 5.33. The zero-order valence-corrected chi connectivity index (χ0v) is 10.9. The van der Waals surface area contributed by atoms with Crippen LogP contribution in [0.2, 0.25) is 0 Å². The van der Waals surface area contributed by atoms with Crippen molar-refractivity contribution in [2.45, 2.75) is 46.5 Å². The van der Waals surface area contributed by atoms with Crippen LogP contribution in [0.1, 0.15) is 55.5 Å². The smallest absolute Gasteiger partial charge is 0.165 e. The van der Waals surface area contributed by atoms with E-state index >= 15 is 0 Å². The second-order valence-electron chi connectivity index (χ2n) is 4.58. The van der Waals surface area contributed by atoms with Crippen molar-refractivity contribution in [3.63, 3.8) is 0 Å². The fraction of sp³-hybridized carbons (Fsp3) is 0.533. The summed E-state index contributed by atoms with van der Waals surface area (Å²) in [6, 6.07) is 4.64. The van der Waals surface area contributed by atoms with Gasteiger partial charge in [0.2, 0.25) is 0 Å². The van der Waals surface area contributed by atoms with E-state index in [1.54, 1.807) is 19.1 Å². The molecule has 1 unspecified atom stereocenters. The van der Waals surface area contributed by atoms with Crippen LogP contribution in [-0.2, 0) is 0 Å². The fourth-order valence-electron chi connectivity index (χ4n) is 2.00. The van der Waals surface area contributed by atoms with Crippen molar-refractivity contribution in [3.8, 4) is 0 Å². The molecule has 2 heteroatoms. The van der Waals surface area contributed by atoms with Gasteiger partial charge in [-0.15, -0.1) is 0 Å². The maximum absolute atomic E-state index is 13.1. The normalized spacial score (nSPS) is 12.5. The van der Waals surface area contributed by atoms with Crippen LogP contribution in [0.15, 0.2) is 18.2 Å². The molecule has 0 saturated heterocycles. The first kappa shape index (κ1) is 13.9. The number of rotatable bonds is 6. The number of Topliss-reactive ketones (excluding diaryl/α,β-unsaturated/α-hetero) is 1. The predicted molar refractivity (Wildman–Crippen MR) is 68.8 cm³/mol. The highest BCUT2D eigenvalue weighted by molar-refractivity contribution is 5.97. The SMILES string of the molecule is CCCCC(CC)C(=O)c1ccc(F)c(C)c1. The van der Waals surface area contributed by atoms with Crippen molar-refractivity contribution in [1.29, 1.82) is 0 Å². The van der Waals surface area contributed by atoms with Crippen LogP contribution in [0.4, 0.5) is 4.39 Å². The van der Waals surface area contributed by atoms with E-state index in [-0.39, 0.29) is 17.5 Å². The lowest BCUT2D eigenvalue weighted by Gasteiger charge is -2.13. The molecule has 0 spiro atoms. The largest absolute Gasteiger partial charge is 0.294 e. The van der Waals surface area contributed by atoms with Gasteiger partial charge in [0, 0.05) is 11.5 Å². The maximum atomic E-state index is 13.1. The summed E-state index contributed by atoms with van der Waals surface area (Å²) in [4.78, 5) is 12.2. The van der Waals surface area contributed by atoms with Crippen molar-refractivity contribution < 1.29 is 9.18 Å². The molecule has 0 bridgehead atoms. The Labute approximate surface area is 103 Å². The molecule has 0 heterocycles. The summed E-state index contributed by atoms with van der Waals surface area (Å²) in [5, 5.41) is 0. The molecule has 94 valence electrons. The molecule has 1 aromatic carbocycles. The van der Waals surface area contributed by atoms with E-state index < -0.39 is 0 Å². The fourth-order valence-corrected chi connectivity index (χ4v) is 2.00. The molecule has 1 aromatic rings. The average molecular weight is 236 g/mol. The molecule has 0 aliphatic rings. The number of carbonyl (C=O) groups excluding carboxylic acids is 1. The number of hydrogen-bond donors (Lipinski definition) is 0. The van der Waals surface area contributed by atoms with E-state index in [1.807, 2.05) is 6.92 Å². The lowest BCUT2D eigenvalue weighted by molar-refractivity contribution is 0.0908. The van der Waals surface area contributed by atoms with Gasteiger partial charge in [-0.2, -0.15) is 0 Å². The molecule has 0 radical (unpaired) electrons. The summed E-state index contributed by atoms with van der Waals surface area (Å²) >= 11 is 0. The number of carbonyl (C=O) groups is 1. The van der Waals surface area contributed by atoms with Gasteiger partial charge in [-0.25, -0.2) is 4.39 Å². The first-order valence-electron chi connectivity index (χ1n) is 6.40. The number of unbranched alkanes of at least 4 members (excludes halogenated alkanes) is 1. The average Bonchev–Trinajstić information content (AvgIpc) is 2.33. The number of aryl methyl sites for hydroxylation is 1. The van der Waals surface area contributed by atoms with Crippen molar-refractivity contribution in [2.75, 3.05) is 0 Å². The maximum Gasteiger partial charge on any atom is 0.165 e. The molecule has 0 amide bonds. The zero-order valence-electron chi connectivity index (χ0n) is 10.9. The van der Waals surface area contributed by atoms with Crippen LogP contribution in [0, 0.1) is 18.7 Å². The van der Waals surface area contributed by atoms with Crippen LogP contribution < -0.4 is 0 Å². The molecule has 1 nitrogen and oxygen atoms in total. The lowest BCUT2D eigenvalue weighted by Crippen LogP contribution is -2.14. The van der Waals surface area contributed by atoms with E-state index in [4.69, 9.17) is 0 Å². The van der Waals surface area contributed by atoms with Crippen LogP contribution in [0.25, 0.3) is 0 Å². The number of hydrogen-bond acceptors (Lipinski definition) is 1. The summed E-state index contributed by atoms with van der Waals surface area (Å²) in [6.07, 6.45) is 3.97. The highest BCUT2D eigenvalue weighted by Crippen LogP contribution is 2.20. The third-order valence-electron chi connectivity index (χ3n) is 3.21. The van der Waals surface area contributed by atoms with Crippen molar-refractivity contribution >= 4 is 5.78 Å². The van der Waals surface area contributed by atoms with Crippen LogP contribution >= 0.6 is 0 Å². The molecule has 0 aliphatic heterocycles. The monoisotopic (exact) mass is 236 g/mol. The van der Waals surface area contributed by atoms with Gasteiger partial charge in [0.1, 0.15) is 5.82 Å². The Morgan fingerprint density at radius 3 is 2.59 bits per heavy atom. The summed E-state index contributed by atoms with van der Waals surface area (Å²) in [5.74, 6) is -0.00739. The quantitative estimate of drug-likeness (QED) is 0.663. The standard InChI is InChI=1S/C15H21FO/c1-4-6-7-12(5-2)15(17)13-8-9-14(16)11(3)10-13/h8-10,12H,4-7H2,1-3H3. The molecule has 0 N–H and O–H groups in total. The molecular weight excluding hydrogens is 215 g/mol. The van der Waals surface area contributed by atoms with Crippen LogP contribution in [-0.4, -0.2) is 5.78 Å². The minimum Gasteiger partial charge on any atom is -0.294 e. The minimum absolute atomic E-state index is 0.0832. The molecule has 1 rings (SSSR count). The molecule has 1 atom stereocenters. The van der Waals surface area contributed by atoms with Crippen LogP contribution in [0.3, 0.4) is 0 Å². The third kappa shape index (κ3) is 3.65. The highest BCUT2D eigenvalue weighted by atomic mass is 19.1. The Morgan fingerprint density at radius 1 is 1.35 bits per heavy atom. The van der Waals surface area contributed by atoms with Gasteiger partial charge in [0.15, 0.2) is 5.78 Å². The molecule has 17 heavy (non-hydrogen) atoms. The molecular formula is C15H21FO. The molecule has 0 fully saturated rings. The molecule has 0 aliphatic carbocycles. The molecule has 0 aromatic heterocycles. The zero-order chi connectivity index (χ0) is 12.8. The van der Waals surface area contributed by atoms with E-state index in [9.17, 15) is 9.18 Å². The van der Waals surface area contributed by atoms with Crippen molar-refractivity contribution in [2.24, 2.45) is 5.92 Å². The number of halogens is 1. The summed E-state index contributed by atoms with van der Waals surface area (Å²) in [6.45, 7) is 5.85. The van der Waals surface area contributed by atoms with Gasteiger partial charge in [0.05, 0.1) is 0 Å². The number of ketones is 1. The number of benzene rings is 1. The second kappa shape index (κ2) is 6.53. The van der Waals surface area contributed by atoms with Crippen LogP contribution in [0.5, 0.6) is 0 Å². The van der Waals surface area contributed by atoms with E-state index in [0.29, 0.717) is 11.1 Å². The van der Waals surface area contributed by atoms with E-state index in [2.05, 4.69) is 6.92 Å². The Balaban J connectivity index is 2.82. The summed E-state index contributed by atoms with van der Waals surface area (Å²) < 4.78 is 13.1. The van der Waals surface area contributed by atoms with Gasteiger partial charge in [0.25, 0.3) is 0 Å². The highest BCUT2D eigenvalue weighted by Gasteiger charge is 2.18. The Hall–Kier alpha value is -1.18. The predicted octanol–water partition coefficient (Wildman–Crippen LogP) is 4.53. The molecule has 0 saturated carbocycles. The van der Waals surface area contributed by atoms with E-state index in [0.717, 1.165) is 25.7 Å². The second-order valence-corrected chi connectivity index (χ2v) is 4.58. The third-order valence-corrected chi connectivity index (χ3v) is 3.21. The topological polar surface area (TPSA) is 17.1 Å². The van der Waals surface area contributed by atoms with Gasteiger partial charge in [-0.1, -0.05) is 26.7 Å². The Bertz CT molecular complexity index is 385. The van der Waals surface area contributed by atoms with E-state index in [1.165, 1.54) is 6.07 Å². The van der Waals surface area contributed by atoms with Gasteiger partial charge < -0.3 is 0 Å². The summed E-state index contributed by atoms with van der Waals surface area (Å²) in [7, 11) is 0. The van der Waals surface area contributed by atoms with Crippen molar-refractivity contribution in [1.82, 2.24) is 0 Å². The van der Waals surface area contributed by atoms with Gasteiger partial charge in [-0.05, 0) is 43.5 Å².